The van der Waals surface area contributed by atoms with E-state index < -0.39 is 0 Å². The standard InChI is InChI=1S/C16H18N2O2/c1-17-8-10-18(11-9-17)16(20)13-6-2-4-12-5-3-7-14(19)15(12)13/h2-7,19H,8-11H2,1H3. The van der Waals surface area contributed by atoms with E-state index in [0.717, 1.165) is 31.6 Å². The number of amides is 1. The lowest BCUT2D eigenvalue weighted by atomic mass is 10.0. The topological polar surface area (TPSA) is 43.8 Å². The zero-order valence-corrected chi connectivity index (χ0v) is 11.5. The third kappa shape index (κ3) is 2.23. The van der Waals surface area contributed by atoms with Crippen molar-refractivity contribution in [1.29, 1.82) is 0 Å². The van der Waals surface area contributed by atoms with Crippen LogP contribution in [0.3, 0.4) is 0 Å². The molecule has 20 heavy (non-hydrogen) atoms. The predicted molar refractivity (Wildman–Crippen MR) is 79.0 cm³/mol. The molecule has 1 fully saturated rings. The maximum atomic E-state index is 12.7. The quantitative estimate of drug-likeness (QED) is 0.861. The number of benzene rings is 2. The molecule has 3 rings (SSSR count). The van der Waals surface area contributed by atoms with Gasteiger partial charge in [0.2, 0.25) is 0 Å². The number of aromatic hydroxyl groups is 1. The number of carbonyl (C=O) groups is 1. The monoisotopic (exact) mass is 270 g/mol. The third-order valence-corrected chi connectivity index (χ3v) is 3.90. The summed E-state index contributed by atoms with van der Waals surface area (Å²) in [6, 6.07) is 10.9. The smallest absolute Gasteiger partial charge is 0.254 e. The van der Waals surface area contributed by atoms with Gasteiger partial charge >= 0.3 is 0 Å². The lowest BCUT2D eigenvalue weighted by Crippen LogP contribution is -2.47. The lowest BCUT2D eigenvalue weighted by molar-refractivity contribution is 0.0666. The molecule has 0 bridgehead atoms. The highest BCUT2D eigenvalue weighted by Gasteiger charge is 2.22. The first-order chi connectivity index (χ1) is 9.66. The Bertz CT molecular complexity index is 641. The van der Waals surface area contributed by atoms with Crippen molar-refractivity contribution in [3.63, 3.8) is 0 Å². The van der Waals surface area contributed by atoms with E-state index in [4.69, 9.17) is 0 Å². The molecule has 1 heterocycles. The average molecular weight is 270 g/mol. The summed E-state index contributed by atoms with van der Waals surface area (Å²) in [7, 11) is 2.06. The first-order valence-electron chi connectivity index (χ1n) is 6.85. The van der Waals surface area contributed by atoms with Crippen molar-refractivity contribution in [3.05, 3.63) is 42.0 Å². The summed E-state index contributed by atoms with van der Waals surface area (Å²) in [6.45, 7) is 3.25. The van der Waals surface area contributed by atoms with Gasteiger partial charge in [-0.15, -0.1) is 0 Å². The van der Waals surface area contributed by atoms with Crippen LogP contribution in [0, 0.1) is 0 Å². The van der Waals surface area contributed by atoms with Crippen molar-refractivity contribution in [2.75, 3.05) is 33.2 Å². The second kappa shape index (κ2) is 5.13. The number of hydrogen-bond donors (Lipinski definition) is 1. The van der Waals surface area contributed by atoms with Crippen molar-refractivity contribution in [1.82, 2.24) is 9.80 Å². The van der Waals surface area contributed by atoms with Crippen LogP contribution in [0.1, 0.15) is 10.4 Å². The minimum absolute atomic E-state index is 0.00481. The number of rotatable bonds is 1. The second-order valence-electron chi connectivity index (χ2n) is 5.28. The van der Waals surface area contributed by atoms with Gasteiger partial charge in [0, 0.05) is 31.6 Å². The van der Waals surface area contributed by atoms with Crippen LogP contribution >= 0.6 is 0 Å². The number of phenols is 1. The van der Waals surface area contributed by atoms with E-state index in [1.807, 2.05) is 23.1 Å². The summed E-state index contributed by atoms with van der Waals surface area (Å²) < 4.78 is 0. The van der Waals surface area contributed by atoms with Gasteiger partial charge in [0.15, 0.2) is 0 Å². The van der Waals surface area contributed by atoms with Gasteiger partial charge in [-0.05, 0) is 24.6 Å². The highest BCUT2D eigenvalue weighted by Crippen LogP contribution is 2.28. The van der Waals surface area contributed by atoms with Crippen LogP contribution in [0.5, 0.6) is 5.75 Å². The predicted octanol–water partition coefficient (Wildman–Crippen LogP) is 1.93. The average Bonchev–Trinajstić information content (AvgIpc) is 2.47. The zero-order chi connectivity index (χ0) is 14.1. The first-order valence-corrected chi connectivity index (χ1v) is 6.85. The third-order valence-electron chi connectivity index (χ3n) is 3.90. The van der Waals surface area contributed by atoms with Crippen molar-refractivity contribution < 1.29 is 9.90 Å². The number of hydrogen-bond acceptors (Lipinski definition) is 3. The number of piperazine rings is 1. The van der Waals surface area contributed by atoms with Crippen LogP contribution in [0.2, 0.25) is 0 Å². The van der Waals surface area contributed by atoms with Gasteiger partial charge in [0.1, 0.15) is 5.75 Å². The van der Waals surface area contributed by atoms with Gasteiger partial charge in [0.25, 0.3) is 5.91 Å². The van der Waals surface area contributed by atoms with Crippen molar-refractivity contribution in [2.45, 2.75) is 0 Å². The molecule has 0 aromatic heterocycles. The highest BCUT2D eigenvalue weighted by molar-refractivity contribution is 6.09. The molecule has 0 unspecified atom stereocenters. The maximum absolute atomic E-state index is 12.7. The van der Waals surface area contributed by atoms with Crippen LogP contribution in [0.15, 0.2) is 36.4 Å². The van der Waals surface area contributed by atoms with Crippen molar-refractivity contribution >= 4 is 16.7 Å². The molecule has 104 valence electrons. The Hall–Kier alpha value is -2.07. The van der Waals surface area contributed by atoms with Gasteiger partial charge < -0.3 is 14.9 Å². The number of fused-ring (bicyclic) bond motifs is 1. The Morgan fingerprint density at radius 3 is 2.40 bits per heavy atom. The molecule has 0 radical (unpaired) electrons. The van der Waals surface area contributed by atoms with E-state index in [1.54, 1.807) is 18.2 Å². The Morgan fingerprint density at radius 2 is 1.70 bits per heavy atom. The van der Waals surface area contributed by atoms with Gasteiger partial charge in [0.05, 0.1) is 5.56 Å². The normalized spacial score (nSPS) is 16.6. The molecule has 1 aliphatic heterocycles. The summed E-state index contributed by atoms with van der Waals surface area (Å²) in [4.78, 5) is 16.7. The fourth-order valence-electron chi connectivity index (χ4n) is 2.68. The Kier molecular flexibility index (Phi) is 3.32. The minimum Gasteiger partial charge on any atom is -0.507 e. The highest BCUT2D eigenvalue weighted by atomic mass is 16.3. The molecule has 1 saturated heterocycles. The molecule has 0 saturated carbocycles. The van der Waals surface area contributed by atoms with Crippen LogP contribution in [-0.4, -0.2) is 54.0 Å². The van der Waals surface area contributed by atoms with E-state index in [0.29, 0.717) is 10.9 Å². The molecular weight excluding hydrogens is 252 g/mol. The molecule has 0 atom stereocenters. The van der Waals surface area contributed by atoms with Gasteiger partial charge in [-0.2, -0.15) is 0 Å². The number of likely N-dealkylation sites (N-methyl/N-ethyl adjacent to an activating group) is 1. The molecule has 0 aliphatic carbocycles. The largest absolute Gasteiger partial charge is 0.507 e. The molecule has 1 N–H and O–H groups in total. The van der Waals surface area contributed by atoms with Gasteiger partial charge in [-0.1, -0.05) is 24.3 Å². The van der Waals surface area contributed by atoms with Gasteiger partial charge in [-0.25, -0.2) is 0 Å². The molecule has 1 amide bonds. The summed E-state index contributed by atoms with van der Waals surface area (Å²) in [5, 5.41) is 11.6. The molecule has 0 spiro atoms. The molecule has 4 nitrogen and oxygen atoms in total. The Balaban J connectivity index is 2.00. The molecule has 2 aromatic carbocycles. The molecule has 2 aromatic rings. The van der Waals surface area contributed by atoms with E-state index >= 15 is 0 Å². The summed E-state index contributed by atoms with van der Waals surface area (Å²) >= 11 is 0. The first kappa shape index (κ1) is 12.9. The molecular formula is C16H18N2O2. The lowest BCUT2D eigenvalue weighted by Gasteiger charge is -2.32. The summed E-state index contributed by atoms with van der Waals surface area (Å²) in [6.07, 6.45) is 0. The minimum atomic E-state index is 0.00481. The van der Waals surface area contributed by atoms with Gasteiger partial charge in [-0.3, -0.25) is 4.79 Å². The van der Waals surface area contributed by atoms with E-state index in [9.17, 15) is 9.90 Å². The van der Waals surface area contributed by atoms with Crippen LogP contribution in [-0.2, 0) is 0 Å². The van der Waals surface area contributed by atoms with Crippen LogP contribution < -0.4 is 0 Å². The second-order valence-corrected chi connectivity index (χ2v) is 5.28. The number of phenolic OH excluding ortho intramolecular Hbond substituents is 1. The summed E-state index contributed by atoms with van der Waals surface area (Å²) in [5.74, 6) is 0.172. The SMILES string of the molecule is CN1CCN(C(=O)c2cccc3cccc(O)c23)CC1. The molecule has 4 heteroatoms. The number of carbonyl (C=O) groups excluding carboxylic acids is 1. The molecule has 1 aliphatic rings. The fourth-order valence-corrected chi connectivity index (χ4v) is 2.68. The number of nitrogens with zero attached hydrogens (tertiary/aromatic N) is 2. The maximum Gasteiger partial charge on any atom is 0.254 e. The van der Waals surface area contributed by atoms with Crippen LogP contribution in [0.25, 0.3) is 10.8 Å². The van der Waals surface area contributed by atoms with E-state index in [-0.39, 0.29) is 11.7 Å². The van der Waals surface area contributed by atoms with Crippen LogP contribution in [0.4, 0.5) is 0 Å². The fraction of sp³-hybridized carbons (Fsp3) is 0.312. The summed E-state index contributed by atoms with van der Waals surface area (Å²) in [5.41, 5.74) is 0.588. The van der Waals surface area contributed by atoms with E-state index in [2.05, 4.69) is 11.9 Å². The zero-order valence-electron chi connectivity index (χ0n) is 11.5. The van der Waals surface area contributed by atoms with Crippen molar-refractivity contribution in [3.8, 4) is 5.75 Å². The van der Waals surface area contributed by atoms with E-state index in [1.165, 1.54) is 0 Å². The Labute approximate surface area is 118 Å². The van der Waals surface area contributed by atoms with Crippen molar-refractivity contribution in [2.24, 2.45) is 0 Å². The Morgan fingerprint density at radius 1 is 1.05 bits per heavy atom.